The van der Waals surface area contributed by atoms with Gasteiger partial charge in [-0.1, -0.05) is 46.0 Å². The summed E-state index contributed by atoms with van der Waals surface area (Å²) >= 11 is 0. The lowest BCUT2D eigenvalue weighted by Gasteiger charge is -2.10. The Morgan fingerprint density at radius 2 is 1.57 bits per heavy atom. The molecule has 1 atom stereocenters. The van der Waals surface area contributed by atoms with E-state index in [0.29, 0.717) is 6.61 Å². The molecule has 14 heavy (non-hydrogen) atoms. The largest absolute Gasteiger partial charge is 0.368 e. The number of hydrogen-bond donors (Lipinski definition) is 1. The van der Waals surface area contributed by atoms with E-state index in [1.165, 1.54) is 32.1 Å². The van der Waals surface area contributed by atoms with Crippen molar-refractivity contribution in [1.29, 1.82) is 0 Å². The molecule has 2 heteroatoms. The lowest BCUT2D eigenvalue weighted by atomic mass is 10.1. The summed E-state index contributed by atoms with van der Waals surface area (Å²) in [6.07, 6.45) is 8.84. The van der Waals surface area contributed by atoms with Crippen LogP contribution in [0.15, 0.2) is 0 Å². The van der Waals surface area contributed by atoms with Gasteiger partial charge >= 0.3 is 0 Å². The Hall–Kier alpha value is -0.0800. The van der Waals surface area contributed by atoms with Crippen LogP contribution in [0.5, 0.6) is 0 Å². The van der Waals surface area contributed by atoms with E-state index in [4.69, 9.17) is 4.74 Å². The number of unbranched alkanes of at least 4 members (excludes halogenated alkanes) is 5. The molecule has 0 aliphatic rings. The maximum absolute atomic E-state index is 9.36. The summed E-state index contributed by atoms with van der Waals surface area (Å²) in [4.78, 5) is 0. The molecule has 0 aromatic heterocycles. The molecule has 1 N–H and O–H groups in total. The Morgan fingerprint density at radius 1 is 0.929 bits per heavy atom. The molecule has 86 valence electrons. The molecule has 0 radical (unpaired) electrons. The maximum atomic E-state index is 9.36. The Morgan fingerprint density at radius 3 is 2.21 bits per heavy atom. The number of aliphatic hydroxyl groups is 1. The van der Waals surface area contributed by atoms with Crippen LogP contribution in [0.4, 0.5) is 0 Å². The van der Waals surface area contributed by atoms with E-state index in [-0.39, 0.29) is 0 Å². The SMILES string of the molecule is CCCCCCCCC(O)OCCC. The highest BCUT2D eigenvalue weighted by Crippen LogP contribution is 2.09. The average molecular weight is 202 g/mol. The number of aliphatic hydroxyl groups excluding tert-OH is 1. The van der Waals surface area contributed by atoms with Crippen LogP contribution in [-0.4, -0.2) is 18.0 Å². The summed E-state index contributed by atoms with van der Waals surface area (Å²) in [5.41, 5.74) is 0. The van der Waals surface area contributed by atoms with Gasteiger partial charge in [0.25, 0.3) is 0 Å². The van der Waals surface area contributed by atoms with Gasteiger partial charge < -0.3 is 9.84 Å². The van der Waals surface area contributed by atoms with Crippen molar-refractivity contribution in [2.75, 3.05) is 6.61 Å². The maximum Gasteiger partial charge on any atom is 0.154 e. The van der Waals surface area contributed by atoms with Crippen LogP contribution in [0.3, 0.4) is 0 Å². The monoisotopic (exact) mass is 202 g/mol. The Kier molecular flexibility index (Phi) is 10.9. The van der Waals surface area contributed by atoms with Crippen LogP contribution in [0.1, 0.15) is 65.2 Å². The van der Waals surface area contributed by atoms with Crippen molar-refractivity contribution >= 4 is 0 Å². The molecule has 0 amide bonds. The first-order valence-corrected chi connectivity index (χ1v) is 6.11. The van der Waals surface area contributed by atoms with Gasteiger partial charge in [-0.2, -0.15) is 0 Å². The van der Waals surface area contributed by atoms with Crippen LogP contribution in [0.25, 0.3) is 0 Å². The molecule has 0 aliphatic carbocycles. The zero-order chi connectivity index (χ0) is 10.6. The second-order valence-corrected chi connectivity index (χ2v) is 3.88. The van der Waals surface area contributed by atoms with E-state index in [0.717, 1.165) is 19.3 Å². The zero-order valence-corrected chi connectivity index (χ0v) is 9.80. The van der Waals surface area contributed by atoms with Crippen molar-refractivity contribution in [1.82, 2.24) is 0 Å². The van der Waals surface area contributed by atoms with Gasteiger partial charge in [0.15, 0.2) is 6.29 Å². The van der Waals surface area contributed by atoms with Crippen LogP contribution in [0.2, 0.25) is 0 Å². The fourth-order valence-corrected chi connectivity index (χ4v) is 1.44. The van der Waals surface area contributed by atoms with Gasteiger partial charge in [0.2, 0.25) is 0 Å². The van der Waals surface area contributed by atoms with Crippen molar-refractivity contribution in [2.45, 2.75) is 71.5 Å². The molecule has 2 nitrogen and oxygen atoms in total. The number of hydrogen-bond acceptors (Lipinski definition) is 2. The molecule has 0 saturated heterocycles. The third-order valence-electron chi connectivity index (χ3n) is 2.32. The van der Waals surface area contributed by atoms with Gasteiger partial charge in [-0.3, -0.25) is 0 Å². The van der Waals surface area contributed by atoms with E-state index >= 15 is 0 Å². The molecule has 0 aromatic rings. The molecule has 0 rings (SSSR count). The first-order chi connectivity index (χ1) is 6.81. The predicted octanol–water partition coefficient (Wildman–Crippen LogP) is 3.48. The third kappa shape index (κ3) is 10.0. The molecule has 0 bridgehead atoms. The summed E-state index contributed by atoms with van der Waals surface area (Å²) in [5.74, 6) is 0. The van der Waals surface area contributed by atoms with Crippen LogP contribution < -0.4 is 0 Å². The predicted molar refractivity (Wildman–Crippen MR) is 60.2 cm³/mol. The normalized spacial score (nSPS) is 13.1. The molecular formula is C12H26O2. The lowest BCUT2D eigenvalue weighted by Crippen LogP contribution is -2.12. The fraction of sp³-hybridized carbons (Fsp3) is 1.00. The second-order valence-electron chi connectivity index (χ2n) is 3.88. The van der Waals surface area contributed by atoms with E-state index < -0.39 is 6.29 Å². The number of rotatable bonds is 10. The first kappa shape index (κ1) is 13.9. The minimum atomic E-state index is -0.527. The van der Waals surface area contributed by atoms with Crippen molar-refractivity contribution < 1.29 is 9.84 Å². The molecule has 0 aliphatic heterocycles. The van der Waals surface area contributed by atoms with Crippen molar-refractivity contribution in [2.24, 2.45) is 0 Å². The summed E-state index contributed by atoms with van der Waals surface area (Å²) in [6, 6.07) is 0. The van der Waals surface area contributed by atoms with E-state index in [9.17, 15) is 5.11 Å². The van der Waals surface area contributed by atoms with E-state index in [2.05, 4.69) is 13.8 Å². The van der Waals surface area contributed by atoms with Gasteiger partial charge in [0.1, 0.15) is 0 Å². The molecule has 0 fully saturated rings. The number of ether oxygens (including phenoxy) is 1. The second kappa shape index (κ2) is 11.0. The van der Waals surface area contributed by atoms with Crippen LogP contribution >= 0.6 is 0 Å². The van der Waals surface area contributed by atoms with Gasteiger partial charge in [-0.05, 0) is 19.3 Å². The summed E-state index contributed by atoms with van der Waals surface area (Å²) in [5, 5.41) is 9.36. The first-order valence-electron chi connectivity index (χ1n) is 6.11. The third-order valence-corrected chi connectivity index (χ3v) is 2.32. The Labute approximate surface area is 88.7 Å². The highest BCUT2D eigenvalue weighted by Gasteiger charge is 2.02. The van der Waals surface area contributed by atoms with Crippen LogP contribution in [-0.2, 0) is 4.74 Å². The molecule has 0 saturated carbocycles. The molecular weight excluding hydrogens is 176 g/mol. The van der Waals surface area contributed by atoms with E-state index in [1.54, 1.807) is 0 Å². The van der Waals surface area contributed by atoms with Crippen molar-refractivity contribution in [3.05, 3.63) is 0 Å². The van der Waals surface area contributed by atoms with Crippen LogP contribution in [0, 0.1) is 0 Å². The van der Waals surface area contributed by atoms with Gasteiger partial charge in [0, 0.05) is 6.61 Å². The van der Waals surface area contributed by atoms with Crippen molar-refractivity contribution in [3.63, 3.8) is 0 Å². The Bertz CT molecular complexity index is 104. The minimum Gasteiger partial charge on any atom is -0.368 e. The standard InChI is InChI=1S/C12H26O2/c1-3-5-6-7-8-9-10-12(13)14-11-4-2/h12-13H,3-11H2,1-2H3. The smallest absolute Gasteiger partial charge is 0.154 e. The van der Waals surface area contributed by atoms with Crippen molar-refractivity contribution in [3.8, 4) is 0 Å². The summed E-state index contributed by atoms with van der Waals surface area (Å²) < 4.78 is 5.17. The van der Waals surface area contributed by atoms with Gasteiger partial charge in [-0.15, -0.1) is 0 Å². The van der Waals surface area contributed by atoms with E-state index in [1.807, 2.05) is 0 Å². The molecule has 0 heterocycles. The zero-order valence-electron chi connectivity index (χ0n) is 9.80. The molecule has 0 aromatic carbocycles. The quantitative estimate of drug-likeness (QED) is 0.434. The van der Waals surface area contributed by atoms with Gasteiger partial charge in [0.05, 0.1) is 0 Å². The highest BCUT2D eigenvalue weighted by atomic mass is 16.6. The minimum absolute atomic E-state index is 0.527. The lowest BCUT2D eigenvalue weighted by molar-refractivity contribution is -0.104. The average Bonchev–Trinajstić information content (AvgIpc) is 2.20. The topological polar surface area (TPSA) is 29.5 Å². The molecule has 0 spiro atoms. The Balaban J connectivity index is 3.02. The summed E-state index contributed by atoms with van der Waals surface area (Å²) in [7, 11) is 0. The molecule has 1 unspecified atom stereocenters. The van der Waals surface area contributed by atoms with Gasteiger partial charge in [-0.25, -0.2) is 0 Å². The summed E-state index contributed by atoms with van der Waals surface area (Å²) in [6.45, 7) is 4.96. The fourth-order valence-electron chi connectivity index (χ4n) is 1.44. The highest BCUT2D eigenvalue weighted by molar-refractivity contribution is 4.47.